The average Bonchev–Trinajstić information content (AvgIpc) is 2.93. The molecule has 0 amide bonds. The fourth-order valence-corrected chi connectivity index (χ4v) is 1.95. The summed E-state index contributed by atoms with van der Waals surface area (Å²) in [7, 11) is 0. The van der Waals surface area contributed by atoms with Crippen LogP contribution in [0.1, 0.15) is 25.5 Å². The summed E-state index contributed by atoms with van der Waals surface area (Å²) in [6, 6.07) is 10.1. The van der Waals surface area contributed by atoms with Gasteiger partial charge in [0.25, 0.3) is 0 Å². The van der Waals surface area contributed by atoms with Gasteiger partial charge in [-0.1, -0.05) is 25.1 Å². The van der Waals surface area contributed by atoms with Crippen LogP contribution in [0.3, 0.4) is 0 Å². The zero-order valence-corrected chi connectivity index (χ0v) is 11.5. The summed E-state index contributed by atoms with van der Waals surface area (Å²) in [6.45, 7) is 6.57. The summed E-state index contributed by atoms with van der Waals surface area (Å²) < 4.78 is 7.75. The molecule has 0 fully saturated rings. The molecule has 19 heavy (non-hydrogen) atoms. The fraction of sp³-hybridized carbons (Fsp3) is 0.400. The molecular weight excluding hydrogens is 238 g/mol. The zero-order valence-electron chi connectivity index (χ0n) is 11.5. The van der Waals surface area contributed by atoms with Gasteiger partial charge in [0.1, 0.15) is 12.4 Å². The van der Waals surface area contributed by atoms with Gasteiger partial charge >= 0.3 is 0 Å². The average molecular weight is 259 g/mol. The van der Waals surface area contributed by atoms with Crippen molar-refractivity contribution in [1.82, 2.24) is 15.1 Å². The van der Waals surface area contributed by atoms with Gasteiger partial charge in [0, 0.05) is 18.3 Å². The second-order valence-corrected chi connectivity index (χ2v) is 4.36. The summed E-state index contributed by atoms with van der Waals surface area (Å²) in [5, 5.41) is 7.74. The lowest BCUT2D eigenvalue weighted by Gasteiger charge is -2.17. The molecule has 102 valence electrons. The Morgan fingerprint density at radius 2 is 2.05 bits per heavy atom. The van der Waals surface area contributed by atoms with E-state index < -0.39 is 0 Å². The van der Waals surface area contributed by atoms with Crippen molar-refractivity contribution in [2.75, 3.05) is 13.2 Å². The minimum atomic E-state index is 0.172. The first-order valence-corrected chi connectivity index (χ1v) is 6.77. The van der Waals surface area contributed by atoms with E-state index in [4.69, 9.17) is 4.74 Å². The van der Waals surface area contributed by atoms with Crippen LogP contribution in [0.2, 0.25) is 0 Å². The van der Waals surface area contributed by atoms with Crippen LogP contribution in [-0.2, 0) is 6.54 Å². The zero-order chi connectivity index (χ0) is 13.5. The van der Waals surface area contributed by atoms with E-state index in [0.29, 0.717) is 6.61 Å². The third-order valence-corrected chi connectivity index (χ3v) is 2.99. The van der Waals surface area contributed by atoms with Crippen molar-refractivity contribution in [3.8, 4) is 5.75 Å². The predicted molar refractivity (Wildman–Crippen MR) is 76.3 cm³/mol. The van der Waals surface area contributed by atoms with Crippen molar-refractivity contribution in [1.29, 1.82) is 0 Å². The van der Waals surface area contributed by atoms with Crippen molar-refractivity contribution < 1.29 is 4.74 Å². The molecule has 0 aliphatic heterocycles. The first-order valence-electron chi connectivity index (χ1n) is 6.77. The van der Waals surface area contributed by atoms with Gasteiger partial charge in [-0.05, 0) is 25.6 Å². The highest BCUT2D eigenvalue weighted by Crippen LogP contribution is 2.15. The number of likely N-dealkylation sites (N-methyl/N-ethyl adjacent to an activating group) is 1. The molecular formula is C15H21N3O. The summed E-state index contributed by atoms with van der Waals surface area (Å²) in [5.41, 5.74) is 1.17. The Labute approximate surface area is 114 Å². The lowest BCUT2D eigenvalue weighted by atomic mass is 10.2. The highest BCUT2D eigenvalue weighted by Gasteiger charge is 2.13. The lowest BCUT2D eigenvalue weighted by molar-refractivity contribution is 0.268. The number of para-hydroxylation sites is 1. The van der Waals surface area contributed by atoms with E-state index >= 15 is 0 Å². The lowest BCUT2D eigenvalue weighted by Crippen LogP contribution is -2.26. The highest BCUT2D eigenvalue weighted by atomic mass is 16.5. The number of benzene rings is 1. The van der Waals surface area contributed by atoms with E-state index in [0.717, 1.165) is 18.8 Å². The van der Waals surface area contributed by atoms with Crippen LogP contribution in [-0.4, -0.2) is 22.9 Å². The summed E-state index contributed by atoms with van der Waals surface area (Å²) >= 11 is 0. The molecule has 2 aromatic rings. The normalized spacial score (nSPS) is 12.3. The standard InChI is InChI=1S/C15H21N3O/c1-3-16-15(13-10-17-18(4-2)11-13)12-19-14-8-6-5-7-9-14/h5-11,15-16H,3-4,12H2,1-2H3. The molecule has 0 aliphatic rings. The Morgan fingerprint density at radius 1 is 1.26 bits per heavy atom. The van der Waals surface area contributed by atoms with E-state index in [9.17, 15) is 0 Å². The smallest absolute Gasteiger partial charge is 0.119 e. The Hall–Kier alpha value is -1.81. The minimum Gasteiger partial charge on any atom is -0.492 e. The number of ether oxygens (including phenoxy) is 1. The summed E-state index contributed by atoms with van der Waals surface area (Å²) in [4.78, 5) is 0. The van der Waals surface area contributed by atoms with Gasteiger partial charge in [0.15, 0.2) is 0 Å². The summed E-state index contributed by atoms with van der Waals surface area (Å²) in [5.74, 6) is 0.897. The molecule has 1 aromatic heterocycles. The van der Waals surface area contributed by atoms with Gasteiger partial charge in [0.05, 0.1) is 12.2 Å². The topological polar surface area (TPSA) is 39.1 Å². The molecule has 1 N–H and O–H groups in total. The van der Waals surface area contributed by atoms with Crippen molar-refractivity contribution >= 4 is 0 Å². The van der Waals surface area contributed by atoms with Crippen LogP contribution < -0.4 is 10.1 Å². The number of nitrogens with zero attached hydrogens (tertiary/aromatic N) is 2. The Balaban J connectivity index is 1.99. The van der Waals surface area contributed by atoms with Crippen LogP contribution in [0.5, 0.6) is 5.75 Å². The number of aryl methyl sites for hydroxylation is 1. The van der Waals surface area contributed by atoms with Crippen LogP contribution in [0.15, 0.2) is 42.7 Å². The molecule has 4 nitrogen and oxygen atoms in total. The second-order valence-electron chi connectivity index (χ2n) is 4.36. The first kappa shape index (κ1) is 13.6. The molecule has 0 radical (unpaired) electrons. The van der Waals surface area contributed by atoms with Crippen LogP contribution >= 0.6 is 0 Å². The first-order chi connectivity index (χ1) is 9.33. The molecule has 1 atom stereocenters. The Morgan fingerprint density at radius 3 is 2.68 bits per heavy atom. The van der Waals surface area contributed by atoms with Crippen LogP contribution in [0.4, 0.5) is 0 Å². The van der Waals surface area contributed by atoms with Crippen molar-refractivity contribution in [3.63, 3.8) is 0 Å². The van der Waals surface area contributed by atoms with E-state index in [1.807, 2.05) is 41.2 Å². The van der Waals surface area contributed by atoms with Gasteiger partial charge in [-0.15, -0.1) is 0 Å². The van der Waals surface area contributed by atoms with E-state index in [1.54, 1.807) is 0 Å². The molecule has 1 aromatic carbocycles. The SMILES string of the molecule is CCNC(COc1ccccc1)c1cnn(CC)c1. The maximum Gasteiger partial charge on any atom is 0.119 e. The molecule has 1 unspecified atom stereocenters. The number of hydrogen-bond acceptors (Lipinski definition) is 3. The molecule has 0 spiro atoms. The largest absolute Gasteiger partial charge is 0.492 e. The number of nitrogens with one attached hydrogen (secondary N) is 1. The van der Waals surface area contributed by atoms with Gasteiger partial charge in [-0.25, -0.2) is 0 Å². The van der Waals surface area contributed by atoms with E-state index in [-0.39, 0.29) is 6.04 Å². The number of rotatable bonds is 7. The molecule has 0 saturated carbocycles. The molecule has 4 heteroatoms. The van der Waals surface area contributed by atoms with Gasteiger partial charge < -0.3 is 10.1 Å². The number of aromatic nitrogens is 2. The third-order valence-electron chi connectivity index (χ3n) is 2.99. The van der Waals surface area contributed by atoms with Crippen LogP contribution in [0.25, 0.3) is 0 Å². The highest BCUT2D eigenvalue weighted by molar-refractivity contribution is 5.21. The molecule has 0 saturated heterocycles. The van der Waals surface area contributed by atoms with Crippen molar-refractivity contribution in [3.05, 3.63) is 48.3 Å². The van der Waals surface area contributed by atoms with Gasteiger partial charge in [-0.2, -0.15) is 5.10 Å². The van der Waals surface area contributed by atoms with E-state index in [2.05, 4.69) is 30.5 Å². The monoisotopic (exact) mass is 259 g/mol. The van der Waals surface area contributed by atoms with Gasteiger partial charge in [-0.3, -0.25) is 4.68 Å². The molecule has 1 heterocycles. The van der Waals surface area contributed by atoms with E-state index in [1.165, 1.54) is 5.56 Å². The second kappa shape index (κ2) is 6.95. The van der Waals surface area contributed by atoms with Gasteiger partial charge in [0.2, 0.25) is 0 Å². The summed E-state index contributed by atoms with van der Waals surface area (Å²) in [6.07, 6.45) is 3.98. The molecule has 0 aliphatic carbocycles. The van der Waals surface area contributed by atoms with Crippen molar-refractivity contribution in [2.24, 2.45) is 0 Å². The third kappa shape index (κ3) is 3.83. The Kier molecular flexibility index (Phi) is 4.98. The molecule has 2 rings (SSSR count). The molecule has 0 bridgehead atoms. The maximum atomic E-state index is 5.82. The quantitative estimate of drug-likeness (QED) is 0.831. The van der Waals surface area contributed by atoms with Crippen molar-refractivity contribution in [2.45, 2.75) is 26.4 Å². The number of hydrogen-bond donors (Lipinski definition) is 1. The fourth-order valence-electron chi connectivity index (χ4n) is 1.95. The predicted octanol–water partition coefficient (Wildman–Crippen LogP) is 2.63. The maximum absolute atomic E-state index is 5.82. The Bertz CT molecular complexity index is 481. The minimum absolute atomic E-state index is 0.172. The van der Waals surface area contributed by atoms with Crippen LogP contribution in [0, 0.1) is 0 Å².